The summed E-state index contributed by atoms with van der Waals surface area (Å²) in [5.41, 5.74) is 0.741. The van der Waals surface area contributed by atoms with Crippen molar-refractivity contribution in [2.45, 2.75) is 25.3 Å². The summed E-state index contributed by atoms with van der Waals surface area (Å²) in [6.07, 6.45) is 2.44. The molecule has 0 aromatic heterocycles. The maximum atomic E-state index is 12.3. The number of para-hydroxylation sites is 1. The van der Waals surface area contributed by atoms with Gasteiger partial charge in [-0.05, 0) is 30.9 Å². The van der Waals surface area contributed by atoms with Gasteiger partial charge in [-0.25, -0.2) is 4.79 Å². The number of hydrogen-bond acceptors (Lipinski definition) is 4. The molecule has 0 unspecified atom stereocenters. The molecule has 0 bridgehead atoms. The molecule has 1 heterocycles. The van der Waals surface area contributed by atoms with E-state index in [-0.39, 0.29) is 18.0 Å². The van der Waals surface area contributed by atoms with Crippen LogP contribution in [0.1, 0.15) is 19.3 Å². The van der Waals surface area contributed by atoms with Gasteiger partial charge >= 0.3 is 5.97 Å². The fraction of sp³-hybridized carbons (Fsp3) is 0.400. The summed E-state index contributed by atoms with van der Waals surface area (Å²) in [6, 6.07) is 8.58. The van der Waals surface area contributed by atoms with Gasteiger partial charge in [0.25, 0.3) is 0 Å². The zero-order chi connectivity index (χ0) is 14.8. The molecule has 1 saturated carbocycles. The lowest BCUT2D eigenvalue weighted by Crippen LogP contribution is -2.43. The molecule has 6 heteroatoms. The van der Waals surface area contributed by atoms with Crippen LogP contribution in [0.3, 0.4) is 0 Å². The lowest BCUT2D eigenvalue weighted by atomic mass is 10.1. The van der Waals surface area contributed by atoms with Gasteiger partial charge in [0.2, 0.25) is 5.91 Å². The Bertz CT molecular complexity index is 581. The molecule has 1 amide bonds. The molecule has 2 aliphatic rings. The first-order valence-electron chi connectivity index (χ1n) is 7.08. The Kier molecular flexibility index (Phi) is 3.60. The third kappa shape index (κ3) is 3.04. The number of carboxylic acids is 1. The summed E-state index contributed by atoms with van der Waals surface area (Å²) >= 11 is 0. The highest BCUT2D eigenvalue weighted by molar-refractivity contribution is 6.37. The van der Waals surface area contributed by atoms with E-state index in [2.05, 4.69) is 10.4 Å². The van der Waals surface area contributed by atoms with E-state index in [1.807, 2.05) is 30.3 Å². The van der Waals surface area contributed by atoms with E-state index in [0.29, 0.717) is 12.5 Å². The predicted octanol–water partition coefficient (Wildman–Crippen LogP) is 1.23. The molecule has 21 heavy (non-hydrogen) atoms. The number of nitrogens with zero attached hydrogens (tertiary/aromatic N) is 2. The van der Waals surface area contributed by atoms with Gasteiger partial charge in [-0.2, -0.15) is 5.10 Å². The number of carboxylic acid groups (broad SMARTS) is 1. The molecule has 3 rings (SSSR count). The molecule has 1 aromatic rings. The van der Waals surface area contributed by atoms with E-state index in [4.69, 9.17) is 5.11 Å². The second-order valence-electron chi connectivity index (χ2n) is 5.44. The van der Waals surface area contributed by atoms with Gasteiger partial charge in [-0.3, -0.25) is 9.80 Å². The Morgan fingerprint density at radius 2 is 2.00 bits per heavy atom. The first-order valence-corrected chi connectivity index (χ1v) is 7.08. The van der Waals surface area contributed by atoms with Crippen molar-refractivity contribution in [3.63, 3.8) is 0 Å². The molecular formula is C15H17N3O3. The normalized spacial score (nSPS) is 21.0. The van der Waals surface area contributed by atoms with Crippen LogP contribution in [0.25, 0.3) is 0 Å². The maximum Gasteiger partial charge on any atom is 0.352 e. The van der Waals surface area contributed by atoms with Crippen molar-refractivity contribution in [2.24, 2.45) is 11.0 Å². The van der Waals surface area contributed by atoms with Gasteiger partial charge in [-0.15, -0.1) is 0 Å². The molecule has 1 fully saturated rings. The summed E-state index contributed by atoms with van der Waals surface area (Å²) in [7, 11) is 0. The highest BCUT2D eigenvalue weighted by Gasteiger charge is 2.36. The van der Waals surface area contributed by atoms with Gasteiger partial charge in [0.15, 0.2) is 0 Å². The summed E-state index contributed by atoms with van der Waals surface area (Å²) < 4.78 is 0. The van der Waals surface area contributed by atoms with Gasteiger partial charge < -0.3 is 10.4 Å². The number of nitrogens with one attached hydrogen (secondary N) is 1. The number of amides is 1. The van der Waals surface area contributed by atoms with E-state index < -0.39 is 12.0 Å². The number of carbonyl (C=O) groups is 2. The van der Waals surface area contributed by atoms with Crippen LogP contribution in [0.4, 0.5) is 5.69 Å². The van der Waals surface area contributed by atoms with E-state index in [1.54, 1.807) is 0 Å². The zero-order valence-electron chi connectivity index (χ0n) is 11.5. The number of carbonyl (C=O) groups excluding carboxylic acids is 1. The molecule has 0 saturated heterocycles. The highest BCUT2D eigenvalue weighted by atomic mass is 16.4. The minimum Gasteiger partial charge on any atom is -0.477 e. The SMILES string of the molecule is O=C(O)C1=NN(c2ccccc2)[C@H](C(=O)NCC2CC2)C1. The van der Waals surface area contributed by atoms with Crippen LogP contribution in [-0.2, 0) is 9.59 Å². The number of hydrazone groups is 1. The van der Waals surface area contributed by atoms with E-state index >= 15 is 0 Å². The quantitative estimate of drug-likeness (QED) is 0.853. The standard InChI is InChI=1S/C15H17N3O3/c19-14(16-9-10-6-7-10)13-8-12(15(20)21)17-18(13)11-4-2-1-3-5-11/h1-5,10,13H,6-9H2,(H,16,19)(H,20,21)/t13-/m0/s1. The second kappa shape index (κ2) is 5.55. The smallest absolute Gasteiger partial charge is 0.352 e. The summed E-state index contributed by atoms with van der Waals surface area (Å²) in [5, 5.41) is 17.6. The number of hydrogen-bond donors (Lipinski definition) is 2. The van der Waals surface area contributed by atoms with E-state index in [1.165, 1.54) is 5.01 Å². The van der Waals surface area contributed by atoms with Crippen molar-refractivity contribution in [3.05, 3.63) is 30.3 Å². The average Bonchev–Trinajstić information content (AvgIpc) is 3.21. The van der Waals surface area contributed by atoms with Crippen molar-refractivity contribution in [2.75, 3.05) is 11.6 Å². The topological polar surface area (TPSA) is 82.0 Å². The molecule has 1 aromatic carbocycles. The van der Waals surface area contributed by atoms with Crippen LogP contribution in [0.2, 0.25) is 0 Å². The molecule has 0 radical (unpaired) electrons. The van der Waals surface area contributed by atoms with Crippen LogP contribution >= 0.6 is 0 Å². The average molecular weight is 287 g/mol. The third-order valence-corrected chi connectivity index (χ3v) is 3.74. The maximum absolute atomic E-state index is 12.3. The highest BCUT2D eigenvalue weighted by Crippen LogP contribution is 2.28. The Labute approximate surface area is 122 Å². The molecule has 2 N–H and O–H groups in total. The Morgan fingerprint density at radius 3 is 2.62 bits per heavy atom. The molecule has 1 aliphatic carbocycles. The first kappa shape index (κ1) is 13.6. The Hall–Kier alpha value is -2.37. The third-order valence-electron chi connectivity index (χ3n) is 3.74. The Morgan fingerprint density at radius 1 is 1.29 bits per heavy atom. The summed E-state index contributed by atoms with van der Waals surface area (Å²) in [6.45, 7) is 0.667. The van der Waals surface area contributed by atoms with Gasteiger partial charge in [0.1, 0.15) is 11.8 Å². The van der Waals surface area contributed by atoms with Crippen LogP contribution in [0, 0.1) is 5.92 Å². The van der Waals surface area contributed by atoms with Crippen LogP contribution in [0.15, 0.2) is 35.4 Å². The second-order valence-corrected chi connectivity index (χ2v) is 5.44. The summed E-state index contributed by atoms with van der Waals surface area (Å²) in [5.74, 6) is -0.653. The van der Waals surface area contributed by atoms with Crippen molar-refractivity contribution in [3.8, 4) is 0 Å². The van der Waals surface area contributed by atoms with Crippen molar-refractivity contribution < 1.29 is 14.7 Å². The predicted molar refractivity (Wildman–Crippen MR) is 78.1 cm³/mol. The van der Waals surface area contributed by atoms with E-state index in [0.717, 1.165) is 18.5 Å². The molecule has 1 aliphatic heterocycles. The van der Waals surface area contributed by atoms with Gasteiger partial charge in [0.05, 0.1) is 5.69 Å². The fourth-order valence-electron chi connectivity index (χ4n) is 2.35. The number of aliphatic carboxylic acids is 1. The molecule has 110 valence electrons. The molecule has 0 spiro atoms. The Balaban J connectivity index is 1.77. The minimum absolute atomic E-state index is 0.0189. The molecule has 6 nitrogen and oxygen atoms in total. The lowest BCUT2D eigenvalue weighted by molar-refractivity contribution is -0.129. The number of anilines is 1. The van der Waals surface area contributed by atoms with Gasteiger partial charge in [-0.1, -0.05) is 18.2 Å². The monoisotopic (exact) mass is 287 g/mol. The summed E-state index contributed by atoms with van der Waals surface area (Å²) in [4.78, 5) is 23.4. The van der Waals surface area contributed by atoms with Crippen molar-refractivity contribution in [1.82, 2.24) is 5.32 Å². The van der Waals surface area contributed by atoms with Crippen LogP contribution in [-0.4, -0.2) is 35.3 Å². The van der Waals surface area contributed by atoms with E-state index in [9.17, 15) is 9.59 Å². The van der Waals surface area contributed by atoms with Crippen LogP contribution < -0.4 is 10.3 Å². The molecular weight excluding hydrogens is 270 g/mol. The largest absolute Gasteiger partial charge is 0.477 e. The fourth-order valence-corrected chi connectivity index (χ4v) is 2.35. The first-order chi connectivity index (χ1) is 10.1. The number of rotatable bonds is 5. The van der Waals surface area contributed by atoms with Gasteiger partial charge in [0, 0.05) is 13.0 Å². The minimum atomic E-state index is -1.08. The molecule has 1 atom stereocenters. The van der Waals surface area contributed by atoms with Crippen molar-refractivity contribution >= 4 is 23.3 Å². The van der Waals surface area contributed by atoms with Crippen molar-refractivity contribution in [1.29, 1.82) is 0 Å². The van der Waals surface area contributed by atoms with Crippen LogP contribution in [0.5, 0.6) is 0 Å². The number of benzene rings is 1. The zero-order valence-corrected chi connectivity index (χ0v) is 11.5. The lowest BCUT2D eigenvalue weighted by Gasteiger charge is -2.22.